The minimum atomic E-state index is -0.123. The zero-order valence-corrected chi connectivity index (χ0v) is 8.85. The van der Waals surface area contributed by atoms with Crippen LogP contribution in [-0.2, 0) is 16.0 Å². The summed E-state index contributed by atoms with van der Waals surface area (Å²) in [5.74, 6) is -0.123. The highest BCUT2D eigenvalue weighted by molar-refractivity contribution is 5.72. The van der Waals surface area contributed by atoms with Crippen LogP contribution in [0.2, 0.25) is 0 Å². The Hall–Kier alpha value is -1.35. The second kappa shape index (κ2) is 4.45. The molecule has 80 valence electrons. The Kier molecular flexibility index (Phi) is 3.02. The molecule has 0 amide bonds. The number of rotatable bonds is 2. The number of benzene rings is 1. The lowest BCUT2D eigenvalue weighted by Gasteiger charge is -2.31. The van der Waals surface area contributed by atoms with Gasteiger partial charge in [0.2, 0.25) is 0 Å². The Labute approximate surface area is 89.7 Å². The van der Waals surface area contributed by atoms with Crippen molar-refractivity contribution in [2.45, 2.75) is 12.5 Å². The van der Waals surface area contributed by atoms with E-state index in [1.807, 2.05) is 25.2 Å². The lowest BCUT2D eigenvalue weighted by Crippen LogP contribution is -2.46. The summed E-state index contributed by atoms with van der Waals surface area (Å²) in [6.07, 6.45) is 0.935. The highest BCUT2D eigenvalue weighted by Gasteiger charge is 2.24. The summed E-state index contributed by atoms with van der Waals surface area (Å²) in [5, 5.41) is 0. The van der Waals surface area contributed by atoms with Gasteiger partial charge in [-0.2, -0.15) is 0 Å². The zero-order valence-electron chi connectivity index (χ0n) is 8.85. The molecule has 0 radical (unpaired) electrons. The van der Waals surface area contributed by atoms with Crippen LogP contribution in [0, 0.1) is 0 Å². The third-order valence-corrected chi connectivity index (χ3v) is 2.75. The van der Waals surface area contributed by atoms with Crippen LogP contribution in [0.15, 0.2) is 30.3 Å². The summed E-state index contributed by atoms with van der Waals surface area (Å²) in [6.45, 7) is 0.904. The molecule has 1 aliphatic rings. The lowest BCUT2D eigenvalue weighted by molar-refractivity contribution is -0.153. The molecule has 1 heterocycles. The minimum Gasteiger partial charge on any atom is -0.463 e. The van der Waals surface area contributed by atoms with Crippen LogP contribution in [0.25, 0.3) is 0 Å². The number of nitrogens with zero attached hydrogens (tertiary/aromatic N) is 1. The average molecular weight is 205 g/mol. The maximum Gasteiger partial charge on any atom is 0.320 e. The van der Waals surface area contributed by atoms with Crippen molar-refractivity contribution in [3.63, 3.8) is 0 Å². The van der Waals surface area contributed by atoms with Gasteiger partial charge in [-0.15, -0.1) is 0 Å². The molecule has 1 fully saturated rings. The van der Waals surface area contributed by atoms with E-state index in [0.717, 1.165) is 6.42 Å². The molecule has 0 aromatic heterocycles. The van der Waals surface area contributed by atoms with Crippen molar-refractivity contribution in [1.82, 2.24) is 4.90 Å². The normalized spacial score (nSPS) is 22.5. The van der Waals surface area contributed by atoms with E-state index in [1.165, 1.54) is 5.56 Å². The highest BCUT2D eigenvalue weighted by atomic mass is 16.5. The summed E-state index contributed by atoms with van der Waals surface area (Å²) in [6, 6.07) is 10.6. The Morgan fingerprint density at radius 1 is 1.40 bits per heavy atom. The van der Waals surface area contributed by atoms with E-state index in [1.54, 1.807) is 0 Å². The monoisotopic (exact) mass is 205 g/mol. The van der Waals surface area contributed by atoms with E-state index >= 15 is 0 Å². The zero-order chi connectivity index (χ0) is 10.7. The second-order valence-electron chi connectivity index (χ2n) is 3.94. The van der Waals surface area contributed by atoms with Gasteiger partial charge in [-0.3, -0.25) is 9.69 Å². The molecular formula is C12H15NO2. The number of carbonyl (C=O) groups is 1. The van der Waals surface area contributed by atoms with E-state index in [-0.39, 0.29) is 5.97 Å². The number of morpholine rings is 1. The third kappa shape index (κ3) is 2.57. The van der Waals surface area contributed by atoms with Crippen LogP contribution in [0.1, 0.15) is 5.56 Å². The van der Waals surface area contributed by atoms with Gasteiger partial charge in [0, 0.05) is 6.04 Å². The van der Waals surface area contributed by atoms with Crippen molar-refractivity contribution < 1.29 is 9.53 Å². The van der Waals surface area contributed by atoms with Gasteiger partial charge in [0.05, 0.1) is 6.54 Å². The molecule has 0 saturated carbocycles. The number of carbonyl (C=O) groups excluding carboxylic acids is 1. The maximum absolute atomic E-state index is 11.0. The topological polar surface area (TPSA) is 29.5 Å². The van der Waals surface area contributed by atoms with Crippen molar-refractivity contribution >= 4 is 5.97 Å². The fourth-order valence-electron chi connectivity index (χ4n) is 1.80. The molecule has 1 aromatic carbocycles. The lowest BCUT2D eigenvalue weighted by atomic mass is 10.0. The third-order valence-electron chi connectivity index (χ3n) is 2.75. The molecule has 3 nitrogen and oxygen atoms in total. The molecule has 1 saturated heterocycles. The number of hydrogen-bond acceptors (Lipinski definition) is 3. The van der Waals surface area contributed by atoms with Crippen LogP contribution in [0.3, 0.4) is 0 Å². The van der Waals surface area contributed by atoms with Crippen molar-refractivity contribution in [3.8, 4) is 0 Å². The first-order chi connectivity index (χ1) is 7.25. The largest absolute Gasteiger partial charge is 0.463 e. The van der Waals surface area contributed by atoms with Gasteiger partial charge in [-0.25, -0.2) is 0 Å². The van der Waals surface area contributed by atoms with Gasteiger partial charge in [0.15, 0.2) is 0 Å². The number of hydrogen-bond donors (Lipinski definition) is 0. The summed E-state index contributed by atoms with van der Waals surface area (Å²) in [7, 11) is 1.97. The summed E-state index contributed by atoms with van der Waals surface area (Å²) in [5.41, 5.74) is 1.28. The molecular weight excluding hydrogens is 190 g/mol. The molecule has 1 aliphatic heterocycles. The van der Waals surface area contributed by atoms with Crippen LogP contribution in [0.4, 0.5) is 0 Å². The molecule has 0 bridgehead atoms. The number of ether oxygens (including phenoxy) is 1. The van der Waals surface area contributed by atoms with Crippen molar-refractivity contribution in [1.29, 1.82) is 0 Å². The summed E-state index contributed by atoms with van der Waals surface area (Å²) in [4.78, 5) is 13.1. The fourth-order valence-corrected chi connectivity index (χ4v) is 1.80. The molecule has 3 heteroatoms. The molecule has 1 aromatic rings. The SMILES string of the molecule is CN1CC(=O)OC[C@@H]1Cc1ccccc1. The maximum atomic E-state index is 11.0. The smallest absolute Gasteiger partial charge is 0.320 e. The Morgan fingerprint density at radius 3 is 2.80 bits per heavy atom. The van der Waals surface area contributed by atoms with Gasteiger partial charge in [-0.1, -0.05) is 30.3 Å². The first kappa shape index (κ1) is 10.2. The van der Waals surface area contributed by atoms with Gasteiger partial charge >= 0.3 is 5.97 Å². The van der Waals surface area contributed by atoms with Gasteiger partial charge in [-0.05, 0) is 19.0 Å². The van der Waals surface area contributed by atoms with Crippen molar-refractivity contribution in [2.24, 2.45) is 0 Å². The first-order valence-corrected chi connectivity index (χ1v) is 5.15. The van der Waals surface area contributed by atoms with Crippen molar-refractivity contribution in [2.75, 3.05) is 20.2 Å². The van der Waals surface area contributed by atoms with E-state index < -0.39 is 0 Å². The second-order valence-corrected chi connectivity index (χ2v) is 3.94. The highest BCUT2D eigenvalue weighted by Crippen LogP contribution is 2.11. The van der Waals surface area contributed by atoms with Crippen LogP contribution in [0.5, 0.6) is 0 Å². The minimum absolute atomic E-state index is 0.123. The predicted octanol–water partition coefficient (Wildman–Crippen LogP) is 1.09. The van der Waals surface area contributed by atoms with E-state index in [9.17, 15) is 4.79 Å². The van der Waals surface area contributed by atoms with E-state index in [0.29, 0.717) is 19.2 Å². The fraction of sp³-hybridized carbons (Fsp3) is 0.417. The molecule has 0 unspecified atom stereocenters. The van der Waals surface area contributed by atoms with E-state index in [2.05, 4.69) is 17.0 Å². The molecule has 1 atom stereocenters. The summed E-state index contributed by atoms with van der Waals surface area (Å²) < 4.78 is 5.05. The standard InChI is InChI=1S/C12H15NO2/c1-13-8-12(14)15-9-11(13)7-10-5-3-2-4-6-10/h2-6,11H,7-9H2,1H3/t11-/m0/s1. The van der Waals surface area contributed by atoms with Crippen molar-refractivity contribution in [3.05, 3.63) is 35.9 Å². The molecule has 0 N–H and O–H groups in total. The quantitative estimate of drug-likeness (QED) is 0.677. The number of likely N-dealkylation sites (N-methyl/N-ethyl adjacent to an activating group) is 1. The van der Waals surface area contributed by atoms with Gasteiger partial charge in [0.1, 0.15) is 6.61 Å². The molecule has 0 aliphatic carbocycles. The number of cyclic esters (lactones) is 1. The van der Waals surface area contributed by atoms with Crippen LogP contribution in [-0.4, -0.2) is 37.1 Å². The average Bonchev–Trinajstić information content (AvgIpc) is 2.24. The number of esters is 1. The Morgan fingerprint density at radius 2 is 2.13 bits per heavy atom. The van der Waals surface area contributed by atoms with Crippen LogP contribution < -0.4 is 0 Å². The van der Waals surface area contributed by atoms with Gasteiger partial charge < -0.3 is 4.74 Å². The molecule has 15 heavy (non-hydrogen) atoms. The predicted molar refractivity (Wildman–Crippen MR) is 57.5 cm³/mol. The first-order valence-electron chi connectivity index (χ1n) is 5.15. The summed E-state index contributed by atoms with van der Waals surface area (Å²) >= 11 is 0. The Balaban J connectivity index is 1.98. The Bertz CT molecular complexity index is 337. The van der Waals surface area contributed by atoms with Gasteiger partial charge in [0.25, 0.3) is 0 Å². The van der Waals surface area contributed by atoms with E-state index in [4.69, 9.17) is 4.74 Å². The van der Waals surface area contributed by atoms with Crippen LogP contribution >= 0.6 is 0 Å². The molecule has 0 spiro atoms. The molecule has 2 rings (SSSR count).